The molecule has 8 heteroatoms. The van der Waals surface area contributed by atoms with E-state index in [0.717, 1.165) is 32.4 Å². The molecule has 6 nitrogen and oxygen atoms in total. The van der Waals surface area contributed by atoms with E-state index in [0.29, 0.717) is 22.7 Å². The summed E-state index contributed by atoms with van der Waals surface area (Å²) >= 11 is 12.2. The number of hydrogen-bond acceptors (Lipinski definition) is 6. The van der Waals surface area contributed by atoms with Crippen LogP contribution in [0.3, 0.4) is 0 Å². The Kier molecular flexibility index (Phi) is 9.12. The standard InChI is InChI=1S/C18H28Cl2N6/c1-3-5-7-8-9-10-12-22-16-14-13(23-18(20)26-16)15(21-11-6-4-2)25-17(19)24-14/h3-12H2,1-2H3,(H,21,24,25)(H,22,23,26). The first-order valence-corrected chi connectivity index (χ1v) is 10.3. The smallest absolute Gasteiger partial charge is 0.225 e. The molecule has 2 aromatic rings. The molecule has 0 aliphatic carbocycles. The Hall–Kier alpha value is -1.40. The van der Waals surface area contributed by atoms with E-state index in [1.807, 2.05) is 0 Å². The van der Waals surface area contributed by atoms with Gasteiger partial charge in [-0.05, 0) is 36.0 Å². The number of rotatable bonds is 12. The van der Waals surface area contributed by atoms with E-state index in [2.05, 4.69) is 44.4 Å². The summed E-state index contributed by atoms with van der Waals surface area (Å²) in [5.74, 6) is 1.21. The van der Waals surface area contributed by atoms with Gasteiger partial charge in [-0.25, -0.2) is 9.97 Å². The van der Waals surface area contributed by atoms with Gasteiger partial charge < -0.3 is 10.6 Å². The third-order valence-electron chi connectivity index (χ3n) is 4.13. The summed E-state index contributed by atoms with van der Waals surface area (Å²) in [4.78, 5) is 17.2. The van der Waals surface area contributed by atoms with Gasteiger partial charge in [0.15, 0.2) is 11.6 Å². The van der Waals surface area contributed by atoms with Gasteiger partial charge in [0.1, 0.15) is 11.0 Å². The second kappa shape index (κ2) is 11.3. The largest absolute Gasteiger partial charge is 0.368 e. The molecule has 0 unspecified atom stereocenters. The highest BCUT2D eigenvalue weighted by Crippen LogP contribution is 2.26. The summed E-state index contributed by atoms with van der Waals surface area (Å²) in [7, 11) is 0. The minimum absolute atomic E-state index is 0.171. The third kappa shape index (κ3) is 6.40. The van der Waals surface area contributed by atoms with Crippen LogP contribution in [0, 0.1) is 0 Å². The number of nitrogens with zero attached hydrogens (tertiary/aromatic N) is 4. The van der Waals surface area contributed by atoms with Crippen molar-refractivity contribution in [3.63, 3.8) is 0 Å². The topological polar surface area (TPSA) is 75.6 Å². The average molecular weight is 399 g/mol. The predicted molar refractivity (Wildman–Crippen MR) is 110 cm³/mol. The van der Waals surface area contributed by atoms with Crippen molar-refractivity contribution in [1.29, 1.82) is 0 Å². The summed E-state index contributed by atoms with van der Waals surface area (Å²) < 4.78 is 0. The number of halogens is 2. The number of nitrogens with one attached hydrogen (secondary N) is 2. The van der Waals surface area contributed by atoms with Gasteiger partial charge >= 0.3 is 0 Å². The molecular formula is C18H28Cl2N6. The van der Waals surface area contributed by atoms with Crippen LogP contribution < -0.4 is 10.6 Å². The molecule has 26 heavy (non-hydrogen) atoms. The molecule has 0 atom stereocenters. The molecule has 2 aromatic heterocycles. The fourth-order valence-corrected chi connectivity index (χ4v) is 3.04. The summed E-state index contributed by atoms with van der Waals surface area (Å²) in [6.07, 6.45) is 9.53. The van der Waals surface area contributed by atoms with Crippen molar-refractivity contribution in [2.75, 3.05) is 23.7 Å². The molecule has 0 saturated heterocycles. The molecule has 2 N–H and O–H groups in total. The van der Waals surface area contributed by atoms with E-state index in [1.54, 1.807) is 0 Å². The Bertz CT molecular complexity index is 695. The Morgan fingerprint density at radius 3 is 1.62 bits per heavy atom. The molecule has 2 rings (SSSR count). The van der Waals surface area contributed by atoms with Crippen molar-refractivity contribution in [2.24, 2.45) is 0 Å². The molecule has 144 valence electrons. The quantitative estimate of drug-likeness (QED) is 0.352. The molecule has 2 heterocycles. The molecule has 0 aliphatic heterocycles. The van der Waals surface area contributed by atoms with E-state index in [1.165, 1.54) is 32.1 Å². The van der Waals surface area contributed by atoms with Crippen LogP contribution >= 0.6 is 23.2 Å². The minimum Gasteiger partial charge on any atom is -0.368 e. The number of fused-ring (bicyclic) bond motifs is 1. The van der Waals surface area contributed by atoms with Crippen molar-refractivity contribution in [3.8, 4) is 0 Å². The van der Waals surface area contributed by atoms with Gasteiger partial charge in [0.05, 0.1) is 0 Å². The predicted octanol–water partition coefficient (Wildman–Crippen LogP) is 5.71. The molecule has 0 saturated carbocycles. The maximum Gasteiger partial charge on any atom is 0.225 e. The molecule has 0 amide bonds. The first-order valence-electron chi connectivity index (χ1n) is 9.54. The van der Waals surface area contributed by atoms with Crippen LogP contribution in [0.5, 0.6) is 0 Å². The van der Waals surface area contributed by atoms with Crippen LogP contribution in [-0.4, -0.2) is 33.0 Å². The number of unbranched alkanes of at least 4 members (excludes halogenated alkanes) is 6. The lowest BCUT2D eigenvalue weighted by atomic mass is 10.1. The van der Waals surface area contributed by atoms with Crippen molar-refractivity contribution < 1.29 is 0 Å². The normalized spacial score (nSPS) is 11.1. The molecule has 0 fully saturated rings. The first-order chi connectivity index (χ1) is 12.7. The van der Waals surface area contributed by atoms with Crippen molar-refractivity contribution in [2.45, 2.75) is 65.2 Å². The Labute approximate surface area is 165 Å². The van der Waals surface area contributed by atoms with E-state index in [9.17, 15) is 0 Å². The Balaban J connectivity index is 2.08. The van der Waals surface area contributed by atoms with Crippen molar-refractivity contribution >= 4 is 45.9 Å². The van der Waals surface area contributed by atoms with Gasteiger partial charge in [-0.3, -0.25) is 0 Å². The molecule has 0 aromatic carbocycles. The summed E-state index contributed by atoms with van der Waals surface area (Å²) in [6, 6.07) is 0. The zero-order valence-corrected chi connectivity index (χ0v) is 17.1. The molecule has 0 radical (unpaired) electrons. The van der Waals surface area contributed by atoms with Crippen LogP contribution in [0.25, 0.3) is 11.0 Å². The van der Waals surface area contributed by atoms with Gasteiger partial charge in [0, 0.05) is 13.1 Å². The molecule has 0 aliphatic rings. The van der Waals surface area contributed by atoms with Gasteiger partial charge in [-0.15, -0.1) is 0 Å². The summed E-state index contributed by atoms with van der Waals surface area (Å²) in [5.41, 5.74) is 1.19. The zero-order chi connectivity index (χ0) is 18.8. The SMILES string of the molecule is CCCCCCCCNc1nc(Cl)nc2c(NCCCC)nc(Cl)nc12. The van der Waals surface area contributed by atoms with Crippen LogP contribution in [0.2, 0.25) is 10.6 Å². The highest BCUT2D eigenvalue weighted by atomic mass is 35.5. The van der Waals surface area contributed by atoms with Crippen LogP contribution in [0.15, 0.2) is 0 Å². The van der Waals surface area contributed by atoms with Crippen LogP contribution in [-0.2, 0) is 0 Å². The lowest BCUT2D eigenvalue weighted by Gasteiger charge is -2.12. The lowest BCUT2D eigenvalue weighted by Crippen LogP contribution is -2.09. The number of aromatic nitrogens is 4. The van der Waals surface area contributed by atoms with Crippen LogP contribution in [0.4, 0.5) is 11.6 Å². The minimum atomic E-state index is 0.171. The Morgan fingerprint density at radius 2 is 1.08 bits per heavy atom. The van der Waals surface area contributed by atoms with E-state index < -0.39 is 0 Å². The summed E-state index contributed by atoms with van der Waals surface area (Å²) in [5, 5.41) is 6.94. The molecular weight excluding hydrogens is 371 g/mol. The Morgan fingerprint density at radius 1 is 0.615 bits per heavy atom. The van der Waals surface area contributed by atoms with E-state index in [-0.39, 0.29) is 10.6 Å². The van der Waals surface area contributed by atoms with E-state index in [4.69, 9.17) is 23.2 Å². The average Bonchev–Trinajstić information content (AvgIpc) is 2.61. The molecule has 0 spiro atoms. The van der Waals surface area contributed by atoms with Gasteiger partial charge in [-0.2, -0.15) is 9.97 Å². The summed E-state index contributed by atoms with van der Waals surface area (Å²) in [6.45, 7) is 5.97. The fraction of sp³-hybridized carbons (Fsp3) is 0.667. The van der Waals surface area contributed by atoms with Crippen molar-refractivity contribution in [1.82, 2.24) is 19.9 Å². The number of hydrogen-bond donors (Lipinski definition) is 2. The maximum absolute atomic E-state index is 6.12. The van der Waals surface area contributed by atoms with Crippen LogP contribution in [0.1, 0.15) is 65.2 Å². The monoisotopic (exact) mass is 398 g/mol. The second-order valence-corrected chi connectivity index (χ2v) is 7.03. The number of anilines is 2. The van der Waals surface area contributed by atoms with Crippen molar-refractivity contribution in [3.05, 3.63) is 10.6 Å². The lowest BCUT2D eigenvalue weighted by molar-refractivity contribution is 0.617. The zero-order valence-electron chi connectivity index (χ0n) is 15.6. The van der Waals surface area contributed by atoms with E-state index >= 15 is 0 Å². The van der Waals surface area contributed by atoms with Gasteiger partial charge in [0.25, 0.3) is 0 Å². The first kappa shape index (κ1) is 20.9. The third-order valence-corrected chi connectivity index (χ3v) is 4.47. The highest BCUT2D eigenvalue weighted by Gasteiger charge is 2.14. The molecule has 0 bridgehead atoms. The van der Waals surface area contributed by atoms with Gasteiger partial charge in [0.2, 0.25) is 10.6 Å². The fourth-order valence-electron chi connectivity index (χ4n) is 2.70. The second-order valence-electron chi connectivity index (χ2n) is 6.35. The maximum atomic E-state index is 6.12. The van der Waals surface area contributed by atoms with Gasteiger partial charge in [-0.1, -0.05) is 52.4 Å². The highest BCUT2D eigenvalue weighted by molar-refractivity contribution is 6.30.